The predicted octanol–water partition coefficient (Wildman–Crippen LogP) is 2.33. The topological polar surface area (TPSA) is 81.2 Å². The molecule has 1 heterocycles. The Kier molecular flexibility index (Phi) is 3.97. The summed E-state index contributed by atoms with van der Waals surface area (Å²) in [6.07, 6.45) is 1.96. The highest BCUT2D eigenvalue weighted by Gasteiger charge is 2.08. The van der Waals surface area contributed by atoms with Crippen LogP contribution in [0.5, 0.6) is 0 Å². The lowest BCUT2D eigenvalue weighted by Gasteiger charge is -2.07. The summed E-state index contributed by atoms with van der Waals surface area (Å²) in [6, 6.07) is 7.21. The fraction of sp³-hybridized carbons (Fsp3) is 0.286. The molecule has 2 rings (SSSR count). The van der Waals surface area contributed by atoms with Crippen molar-refractivity contribution in [3.8, 4) is 11.5 Å². The molecule has 100 valence electrons. The third kappa shape index (κ3) is 3.66. The molecular formula is C14H17N3O2. The number of carbonyl (C=O) groups is 1. The monoisotopic (exact) mass is 259 g/mol. The zero-order valence-corrected chi connectivity index (χ0v) is 11.0. The van der Waals surface area contributed by atoms with E-state index in [1.807, 2.05) is 31.2 Å². The van der Waals surface area contributed by atoms with Crippen molar-refractivity contribution < 1.29 is 9.21 Å². The first-order valence-corrected chi connectivity index (χ1v) is 6.13. The fourth-order valence-corrected chi connectivity index (χ4v) is 1.72. The van der Waals surface area contributed by atoms with Crippen LogP contribution in [0.25, 0.3) is 11.5 Å². The first-order valence-electron chi connectivity index (χ1n) is 6.13. The number of aromatic nitrogens is 1. The normalized spacial score (nSPS) is 12.2. The van der Waals surface area contributed by atoms with Crippen molar-refractivity contribution in [1.29, 1.82) is 0 Å². The van der Waals surface area contributed by atoms with Gasteiger partial charge in [-0.1, -0.05) is 6.07 Å². The minimum absolute atomic E-state index is 0.101. The minimum Gasteiger partial charge on any atom is -0.441 e. The van der Waals surface area contributed by atoms with Crippen LogP contribution < -0.4 is 11.1 Å². The second kappa shape index (κ2) is 5.67. The van der Waals surface area contributed by atoms with Gasteiger partial charge in [0.15, 0.2) is 0 Å². The molecule has 0 spiro atoms. The maximum Gasteiger partial charge on any atom is 0.226 e. The number of carbonyl (C=O) groups excluding carboxylic acids is 1. The molecule has 0 radical (unpaired) electrons. The van der Waals surface area contributed by atoms with E-state index in [-0.39, 0.29) is 11.9 Å². The van der Waals surface area contributed by atoms with Crippen molar-refractivity contribution in [3.05, 3.63) is 36.2 Å². The summed E-state index contributed by atoms with van der Waals surface area (Å²) in [5.74, 6) is 1.19. The summed E-state index contributed by atoms with van der Waals surface area (Å²) in [5.41, 5.74) is 7.12. The molecule has 2 aromatic rings. The van der Waals surface area contributed by atoms with Crippen LogP contribution in [0, 0.1) is 6.92 Å². The molecule has 3 N–H and O–H groups in total. The molecule has 0 saturated carbocycles. The van der Waals surface area contributed by atoms with E-state index < -0.39 is 0 Å². The molecule has 1 aromatic heterocycles. The van der Waals surface area contributed by atoms with Crippen LogP contribution in [0.3, 0.4) is 0 Å². The van der Waals surface area contributed by atoms with Crippen LogP contribution in [0.1, 0.15) is 19.1 Å². The second-order valence-corrected chi connectivity index (χ2v) is 4.59. The molecular weight excluding hydrogens is 242 g/mol. The zero-order chi connectivity index (χ0) is 13.8. The Hall–Kier alpha value is -2.14. The van der Waals surface area contributed by atoms with E-state index in [2.05, 4.69) is 10.3 Å². The summed E-state index contributed by atoms with van der Waals surface area (Å²) in [6.45, 7) is 3.64. The van der Waals surface area contributed by atoms with Crippen molar-refractivity contribution in [2.75, 3.05) is 5.32 Å². The van der Waals surface area contributed by atoms with E-state index in [1.165, 1.54) is 0 Å². The Bertz CT molecular complexity index is 576. The highest BCUT2D eigenvalue weighted by molar-refractivity contribution is 5.91. The van der Waals surface area contributed by atoms with Crippen LogP contribution in [0.2, 0.25) is 0 Å². The van der Waals surface area contributed by atoms with Gasteiger partial charge in [-0.3, -0.25) is 4.79 Å². The quantitative estimate of drug-likeness (QED) is 0.883. The van der Waals surface area contributed by atoms with E-state index in [9.17, 15) is 4.79 Å². The Morgan fingerprint density at radius 1 is 1.53 bits per heavy atom. The number of nitrogens with zero attached hydrogens (tertiary/aromatic N) is 1. The molecule has 0 fully saturated rings. The number of anilines is 1. The Balaban J connectivity index is 2.13. The van der Waals surface area contributed by atoms with Gasteiger partial charge in [-0.25, -0.2) is 4.98 Å². The van der Waals surface area contributed by atoms with Crippen LogP contribution in [0.15, 0.2) is 34.9 Å². The van der Waals surface area contributed by atoms with Gasteiger partial charge in [0.1, 0.15) is 5.76 Å². The van der Waals surface area contributed by atoms with Crippen LogP contribution in [0.4, 0.5) is 5.69 Å². The third-order valence-electron chi connectivity index (χ3n) is 2.52. The molecule has 0 aliphatic rings. The van der Waals surface area contributed by atoms with Gasteiger partial charge in [0.2, 0.25) is 11.8 Å². The van der Waals surface area contributed by atoms with E-state index in [1.54, 1.807) is 13.1 Å². The molecule has 1 atom stereocenters. The number of oxazole rings is 1. The van der Waals surface area contributed by atoms with Crippen molar-refractivity contribution in [3.63, 3.8) is 0 Å². The van der Waals surface area contributed by atoms with Gasteiger partial charge in [-0.2, -0.15) is 0 Å². The minimum atomic E-state index is -0.155. The van der Waals surface area contributed by atoms with Crippen LogP contribution in [-0.2, 0) is 4.79 Å². The first-order chi connectivity index (χ1) is 9.04. The average Bonchev–Trinajstić information content (AvgIpc) is 2.75. The van der Waals surface area contributed by atoms with Crippen molar-refractivity contribution >= 4 is 11.6 Å². The van der Waals surface area contributed by atoms with E-state index in [4.69, 9.17) is 10.2 Å². The Morgan fingerprint density at radius 3 is 2.95 bits per heavy atom. The van der Waals surface area contributed by atoms with Gasteiger partial charge < -0.3 is 15.5 Å². The number of hydrogen-bond acceptors (Lipinski definition) is 4. The van der Waals surface area contributed by atoms with Gasteiger partial charge >= 0.3 is 0 Å². The SMILES string of the molecule is Cc1cnc(-c2cccc(NC(=O)CC(C)N)c2)o1. The first kappa shape index (κ1) is 13.3. The number of aryl methyl sites for hydroxylation is 1. The van der Waals surface area contributed by atoms with Gasteiger partial charge in [-0.05, 0) is 32.0 Å². The lowest BCUT2D eigenvalue weighted by atomic mass is 10.2. The summed E-state index contributed by atoms with van der Waals surface area (Å²) < 4.78 is 5.45. The standard InChI is InChI=1S/C14H17N3O2/c1-9(15)6-13(18)17-12-5-3-4-11(7-12)14-16-8-10(2)19-14/h3-5,7-9H,6,15H2,1-2H3,(H,17,18). The molecule has 0 bridgehead atoms. The highest BCUT2D eigenvalue weighted by Crippen LogP contribution is 2.22. The molecule has 0 aliphatic carbocycles. The molecule has 0 saturated heterocycles. The summed E-state index contributed by atoms with van der Waals surface area (Å²) >= 11 is 0. The fourth-order valence-electron chi connectivity index (χ4n) is 1.72. The molecule has 1 unspecified atom stereocenters. The van der Waals surface area contributed by atoms with Crippen LogP contribution >= 0.6 is 0 Å². The van der Waals surface area contributed by atoms with Gasteiger partial charge in [-0.15, -0.1) is 0 Å². The van der Waals surface area contributed by atoms with E-state index in [0.717, 1.165) is 11.3 Å². The highest BCUT2D eigenvalue weighted by atomic mass is 16.4. The molecule has 19 heavy (non-hydrogen) atoms. The summed E-state index contributed by atoms with van der Waals surface area (Å²) in [4.78, 5) is 15.8. The number of benzene rings is 1. The van der Waals surface area contributed by atoms with Gasteiger partial charge in [0.05, 0.1) is 6.20 Å². The van der Waals surface area contributed by atoms with Crippen molar-refractivity contribution in [2.45, 2.75) is 26.3 Å². The summed E-state index contributed by atoms with van der Waals surface area (Å²) in [7, 11) is 0. The number of nitrogens with two attached hydrogens (primary N) is 1. The largest absolute Gasteiger partial charge is 0.441 e. The molecule has 1 amide bonds. The number of amides is 1. The van der Waals surface area contributed by atoms with Crippen molar-refractivity contribution in [2.24, 2.45) is 5.73 Å². The van der Waals surface area contributed by atoms with Crippen LogP contribution in [-0.4, -0.2) is 16.9 Å². The maximum atomic E-state index is 11.6. The molecule has 0 aliphatic heterocycles. The van der Waals surface area contributed by atoms with Gasteiger partial charge in [0.25, 0.3) is 0 Å². The second-order valence-electron chi connectivity index (χ2n) is 4.59. The average molecular weight is 259 g/mol. The zero-order valence-electron chi connectivity index (χ0n) is 11.0. The van der Waals surface area contributed by atoms with Crippen molar-refractivity contribution in [1.82, 2.24) is 4.98 Å². The van der Waals surface area contributed by atoms with E-state index >= 15 is 0 Å². The molecule has 1 aromatic carbocycles. The number of nitrogens with one attached hydrogen (secondary N) is 1. The molecule has 5 heteroatoms. The number of hydrogen-bond donors (Lipinski definition) is 2. The lowest BCUT2D eigenvalue weighted by Crippen LogP contribution is -2.23. The lowest BCUT2D eigenvalue weighted by molar-refractivity contribution is -0.116. The predicted molar refractivity (Wildman–Crippen MR) is 73.6 cm³/mol. The third-order valence-corrected chi connectivity index (χ3v) is 2.52. The van der Waals surface area contributed by atoms with E-state index in [0.29, 0.717) is 18.0 Å². The smallest absolute Gasteiger partial charge is 0.226 e. The summed E-state index contributed by atoms with van der Waals surface area (Å²) in [5, 5.41) is 2.80. The Labute approximate surface area is 111 Å². The molecule has 5 nitrogen and oxygen atoms in total. The number of rotatable bonds is 4. The Morgan fingerprint density at radius 2 is 2.32 bits per heavy atom. The van der Waals surface area contributed by atoms with Gasteiger partial charge in [0, 0.05) is 23.7 Å². The maximum absolute atomic E-state index is 11.6.